The van der Waals surface area contributed by atoms with Crippen molar-refractivity contribution in [2.75, 3.05) is 45.9 Å². The summed E-state index contributed by atoms with van der Waals surface area (Å²) in [5, 5.41) is 26.8. The standard InChI is InChI=1S/C33H40FN5O5S2/c1-20(2)30-36-25(18-45-30)31(42)39-13-14-44-33(19-39)8-11-38(12-9-33)17-21-3-5-24(34)22(15-21)7-10-35-16-27(41)23-4-6-26(40)28-29(23)46-32(43)37-28/h3-6,15,18,20,27,35,40-41H,7-14,16-17,19H2,1-2H3,(H,37,43)/t27-/m1/s1. The fourth-order valence-electron chi connectivity index (χ4n) is 6.30. The number of hydrogen-bond donors (Lipinski definition) is 4. The van der Waals surface area contributed by atoms with Crippen molar-refractivity contribution in [1.29, 1.82) is 0 Å². The maximum Gasteiger partial charge on any atom is 0.305 e. The van der Waals surface area contributed by atoms with Crippen molar-refractivity contribution in [1.82, 2.24) is 25.1 Å². The lowest BCUT2D eigenvalue weighted by molar-refractivity contribution is -0.128. The van der Waals surface area contributed by atoms with Gasteiger partial charge in [-0.1, -0.05) is 43.4 Å². The van der Waals surface area contributed by atoms with E-state index >= 15 is 0 Å². The van der Waals surface area contributed by atoms with Gasteiger partial charge in [-0.3, -0.25) is 14.5 Å². The molecule has 246 valence electrons. The fraction of sp³-hybridized carbons (Fsp3) is 0.485. The number of nitrogens with zero attached hydrogens (tertiary/aromatic N) is 3. The van der Waals surface area contributed by atoms with Crippen molar-refractivity contribution < 1.29 is 24.1 Å². The molecule has 4 heterocycles. The first-order valence-electron chi connectivity index (χ1n) is 15.7. The van der Waals surface area contributed by atoms with Crippen LogP contribution in [-0.4, -0.2) is 87.4 Å². The molecule has 2 aromatic heterocycles. The lowest BCUT2D eigenvalue weighted by atomic mass is 9.89. The highest BCUT2D eigenvalue weighted by Crippen LogP contribution is 2.33. The molecule has 0 radical (unpaired) electrons. The van der Waals surface area contributed by atoms with Crippen LogP contribution in [-0.2, 0) is 17.7 Å². The van der Waals surface area contributed by atoms with Crippen LogP contribution < -0.4 is 10.2 Å². The van der Waals surface area contributed by atoms with Gasteiger partial charge in [0, 0.05) is 49.6 Å². The zero-order valence-electron chi connectivity index (χ0n) is 26.1. The second-order valence-corrected chi connectivity index (χ2v) is 14.4. The van der Waals surface area contributed by atoms with E-state index in [1.165, 1.54) is 23.5 Å². The van der Waals surface area contributed by atoms with E-state index in [0.717, 1.165) is 47.8 Å². The van der Waals surface area contributed by atoms with Gasteiger partial charge in [-0.2, -0.15) is 0 Å². The lowest BCUT2D eigenvalue weighted by Gasteiger charge is -2.47. The largest absolute Gasteiger partial charge is 0.506 e. The van der Waals surface area contributed by atoms with Crippen LogP contribution in [0.2, 0.25) is 0 Å². The van der Waals surface area contributed by atoms with Crippen molar-refractivity contribution in [3.8, 4) is 5.75 Å². The number of ether oxygens (including phenoxy) is 1. The number of aromatic hydroxyl groups is 1. The highest BCUT2D eigenvalue weighted by atomic mass is 32.1. The first kappa shape index (κ1) is 32.7. The minimum absolute atomic E-state index is 0.0206. The molecule has 1 atom stereocenters. The van der Waals surface area contributed by atoms with E-state index in [9.17, 15) is 24.2 Å². The molecule has 2 fully saturated rings. The molecule has 0 unspecified atom stereocenters. The molecule has 1 amide bonds. The number of aliphatic hydroxyl groups excluding tert-OH is 1. The molecule has 1 spiro atoms. The summed E-state index contributed by atoms with van der Waals surface area (Å²) < 4.78 is 21.5. The zero-order chi connectivity index (χ0) is 32.4. The summed E-state index contributed by atoms with van der Waals surface area (Å²) in [7, 11) is 0. The number of likely N-dealkylation sites (tertiary alicyclic amines) is 1. The topological polar surface area (TPSA) is 131 Å². The summed E-state index contributed by atoms with van der Waals surface area (Å²) in [4.78, 5) is 36.1. The van der Waals surface area contributed by atoms with Crippen LogP contribution in [0.4, 0.5) is 4.39 Å². The number of fused-ring (bicyclic) bond motifs is 1. The van der Waals surface area contributed by atoms with Crippen LogP contribution in [0.5, 0.6) is 5.75 Å². The van der Waals surface area contributed by atoms with Crippen LogP contribution in [0.15, 0.2) is 40.5 Å². The SMILES string of the molecule is CC(C)c1nc(C(=O)N2CCOC3(CCN(Cc4ccc(F)c(CCNC[C@@H](O)c5ccc(O)c6[nH]c(=O)sc56)c4)CC3)C2)cs1. The smallest absolute Gasteiger partial charge is 0.305 e. The number of carbonyl (C=O) groups excluding carboxylic acids is 1. The van der Waals surface area contributed by atoms with Crippen LogP contribution in [0.25, 0.3) is 10.2 Å². The summed E-state index contributed by atoms with van der Waals surface area (Å²) in [5.41, 5.74) is 2.69. The number of morpholine rings is 1. The van der Waals surface area contributed by atoms with E-state index in [2.05, 4.69) is 34.0 Å². The molecule has 4 N–H and O–H groups in total. The van der Waals surface area contributed by atoms with E-state index in [0.29, 0.717) is 72.2 Å². The molecule has 2 aromatic carbocycles. The maximum atomic E-state index is 14.7. The van der Waals surface area contributed by atoms with Gasteiger partial charge >= 0.3 is 4.87 Å². The Morgan fingerprint density at radius 3 is 2.78 bits per heavy atom. The minimum Gasteiger partial charge on any atom is -0.506 e. The number of aliphatic hydroxyl groups is 1. The van der Waals surface area contributed by atoms with Gasteiger partial charge in [-0.25, -0.2) is 9.37 Å². The van der Waals surface area contributed by atoms with Crippen molar-refractivity contribution in [2.24, 2.45) is 0 Å². The van der Waals surface area contributed by atoms with Gasteiger partial charge in [0.1, 0.15) is 22.8 Å². The highest BCUT2D eigenvalue weighted by Gasteiger charge is 2.41. The summed E-state index contributed by atoms with van der Waals surface area (Å²) >= 11 is 2.48. The molecule has 46 heavy (non-hydrogen) atoms. The number of halogens is 1. The molecule has 2 aliphatic rings. The van der Waals surface area contributed by atoms with Crippen LogP contribution >= 0.6 is 22.7 Å². The Bertz CT molecular complexity index is 1750. The number of carbonyl (C=O) groups is 1. The summed E-state index contributed by atoms with van der Waals surface area (Å²) in [6, 6.07) is 8.32. The van der Waals surface area contributed by atoms with Gasteiger partial charge in [0.25, 0.3) is 5.91 Å². The molecule has 13 heteroatoms. The molecule has 0 saturated carbocycles. The number of phenolic OH excluding ortho intramolecular Hbond substituents is 1. The fourth-order valence-corrected chi connectivity index (χ4v) is 8.03. The minimum atomic E-state index is -0.892. The monoisotopic (exact) mass is 669 g/mol. The maximum absolute atomic E-state index is 14.7. The molecule has 0 bridgehead atoms. The molecular weight excluding hydrogens is 630 g/mol. The summed E-state index contributed by atoms with van der Waals surface area (Å²) in [5.74, 6) is -0.0234. The van der Waals surface area contributed by atoms with Crippen molar-refractivity contribution in [3.05, 3.63) is 78.6 Å². The van der Waals surface area contributed by atoms with Crippen molar-refractivity contribution in [2.45, 2.75) is 57.3 Å². The number of H-pyrrole nitrogens is 1. The molecule has 6 rings (SSSR count). The number of thiazole rings is 2. The van der Waals surface area contributed by atoms with Crippen LogP contribution in [0.1, 0.15) is 70.9 Å². The van der Waals surface area contributed by atoms with Gasteiger partial charge in [-0.05, 0) is 49.1 Å². The Morgan fingerprint density at radius 2 is 2.02 bits per heavy atom. The number of phenols is 1. The zero-order valence-corrected chi connectivity index (χ0v) is 27.7. The third-order valence-electron chi connectivity index (χ3n) is 8.91. The normalized spacial score (nSPS) is 17.7. The molecule has 2 saturated heterocycles. The quantitative estimate of drug-likeness (QED) is 0.183. The Labute approximate surface area is 274 Å². The van der Waals surface area contributed by atoms with E-state index in [1.54, 1.807) is 6.07 Å². The number of piperidine rings is 1. The van der Waals surface area contributed by atoms with Crippen molar-refractivity contribution >= 4 is 38.8 Å². The number of nitrogens with one attached hydrogen (secondary N) is 2. The molecule has 0 aliphatic carbocycles. The van der Waals surface area contributed by atoms with E-state index in [1.807, 2.05) is 22.4 Å². The number of aromatic amines is 1. The second-order valence-electron chi connectivity index (χ2n) is 12.5. The van der Waals surface area contributed by atoms with E-state index in [-0.39, 0.29) is 34.5 Å². The lowest BCUT2D eigenvalue weighted by Crippen LogP contribution is -2.58. The first-order chi connectivity index (χ1) is 22.1. The average Bonchev–Trinajstić information content (AvgIpc) is 3.70. The molecular formula is C33H40FN5O5S2. The Kier molecular flexibility index (Phi) is 9.88. The Morgan fingerprint density at radius 1 is 1.22 bits per heavy atom. The Balaban J connectivity index is 0.989. The summed E-state index contributed by atoms with van der Waals surface area (Å²) in [6.07, 6.45) is 1.20. The second kappa shape index (κ2) is 13.9. The number of amides is 1. The Hall–Kier alpha value is -3.20. The number of rotatable bonds is 10. The molecule has 10 nitrogen and oxygen atoms in total. The molecule has 2 aliphatic heterocycles. The highest BCUT2D eigenvalue weighted by molar-refractivity contribution is 7.16. The average molecular weight is 670 g/mol. The van der Waals surface area contributed by atoms with Crippen LogP contribution in [0.3, 0.4) is 0 Å². The van der Waals surface area contributed by atoms with Gasteiger partial charge in [0.05, 0.1) is 34.6 Å². The number of aromatic nitrogens is 2. The van der Waals surface area contributed by atoms with Gasteiger partial charge in [0.2, 0.25) is 0 Å². The number of hydrogen-bond acceptors (Lipinski definition) is 10. The number of benzene rings is 2. The predicted octanol–water partition coefficient (Wildman–Crippen LogP) is 4.39. The third kappa shape index (κ3) is 7.19. The first-order valence-corrected chi connectivity index (χ1v) is 17.4. The van der Waals surface area contributed by atoms with Gasteiger partial charge < -0.3 is 30.2 Å². The van der Waals surface area contributed by atoms with Crippen molar-refractivity contribution in [3.63, 3.8) is 0 Å². The third-order valence-corrected chi connectivity index (χ3v) is 11.0. The van der Waals surface area contributed by atoms with Gasteiger partial charge in [-0.15, -0.1) is 11.3 Å². The van der Waals surface area contributed by atoms with E-state index in [4.69, 9.17) is 4.74 Å². The van der Waals surface area contributed by atoms with Gasteiger partial charge in [0.15, 0.2) is 0 Å². The summed E-state index contributed by atoms with van der Waals surface area (Å²) in [6.45, 7) is 8.84. The molecule has 4 aromatic rings. The predicted molar refractivity (Wildman–Crippen MR) is 177 cm³/mol. The van der Waals surface area contributed by atoms with Crippen LogP contribution in [0, 0.1) is 5.82 Å². The van der Waals surface area contributed by atoms with E-state index < -0.39 is 6.10 Å².